The molecule has 9 heteroatoms. The molecule has 0 radical (unpaired) electrons. The van der Waals surface area contributed by atoms with E-state index in [0.717, 1.165) is 23.5 Å². The minimum atomic E-state index is -0.704. The Morgan fingerprint density at radius 1 is 1.19 bits per heavy atom. The number of hydrogen-bond acceptors (Lipinski definition) is 4. The number of rotatable bonds is 4. The lowest BCUT2D eigenvalue weighted by atomic mass is 10.2. The molecule has 0 saturated heterocycles. The number of carbonyl (C=O) groups is 2. The van der Waals surface area contributed by atoms with E-state index in [1.54, 1.807) is 6.92 Å². The topological polar surface area (TPSA) is 60.7 Å². The average molecular weight is 411 g/mol. The Morgan fingerprint density at radius 3 is 2.59 bits per heavy atom. The van der Waals surface area contributed by atoms with E-state index in [1.807, 2.05) is 0 Å². The van der Waals surface area contributed by atoms with Crippen LogP contribution in [0.2, 0.25) is 5.02 Å². The number of fused-ring (bicyclic) bond motifs is 1. The van der Waals surface area contributed by atoms with E-state index in [4.69, 9.17) is 16.3 Å². The van der Waals surface area contributed by atoms with Crippen molar-refractivity contribution in [2.75, 3.05) is 6.61 Å². The van der Waals surface area contributed by atoms with Crippen LogP contribution >= 0.6 is 22.9 Å². The van der Waals surface area contributed by atoms with Crippen LogP contribution < -0.4 is 4.80 Å². The van der Waals surface area contributed by atoms with Crippen molar-refractivity contribution < 1.29 is 23.1 Å². The third-order valence-electron chi connectivity index (χ3n) is 3.60. The van der Waals surface area contributed by atoms with Gasteiger partial charge in [-0.15, -0.1) is 0 Å². The highest BCUT2D eigenvalue weighted by molar-refractivity contribution is 7.16. The molecule has 1 amide bonds. The van der Waals surface area contributed by atoms with Gasteiger partial charge in [0.1, 0.15) is 18.2 Å². The lowest BCUT2D eigenvalue weighted by Crippen LogP contribution is -2.23. The summed E-state index contributed by atoms with van der Waals surface area (Å²) in [4.78, 5) is 28.6. The quantitative estimate of drug-likeness (QED) is 0.612. The first kappa shape index (κ1) is 19.2. The van der Waals surface area contributed by atoms with Gasteiger partial charge in [-0.1, -0.05) is 22.9 Å². The molecule has 1 heterocycles. The highest BCUT2D eigenvalue weighted by atomic mass is 35.5. The Balaban J connectivity index is 2.12. The van der Waals surface area contributed by atoms with E-state index < -0.39 is 23.5 Å². The predicted molar refractivity (Wildman–Crippen MR) is 97.7 cm³/mol. The number of carbonyl (C=O) groups excluding carboxylic acids is 2. The molecule has 27 heavy (non-hydrogen) atoms. The maximum Gasteiger partial charge on any atom is 0.326 e. The monoisotopic (exact) mass is 410 g/mol. The van der Waals surface area contributed by atoms with Crippen LogP contribution in [0.4, 0.5) is 8.78 Å². The third kappa shape index (κ3) is 4.23. The second-order valence-electron chi connectivity index (χ2n) is 5.43. The van der Waals surface area contributed by atoms with Crippen molar-refractivity contribution in [1.29, 1.82) is 0 Å². The number of ether oxygens (including phenoxy) is 1. The maximum absolute atomic E-state index is 13.5. The molecule has 0 spiro atoms. The van der Waals surface area contributed by atoms with Gasteiger partial charge in [0.15, 0.2) is 4.80 Å². The number of benzene rings is 2. The SMILES string of the molecule is CCOC(=O)Cn1c(=NC(=O)c2ccc(F)cc2Cl)sc2cc(F)ccc21. The molecule has 0 bridgehead atoms. The summed E-state index contributed by atoms with van der Waals surface area (Å²) in [6.07, 6.45) is 0. The maximum atomic E-state index is 13.5. The molecule has 0 atom stereocenters. The molecule has 0 aliphatic rings. The normalized spacial score (nSPS) is 11.8. The zero-order chi connectivity index (χ0) is 19.6. The number of aromatic nitrogens is 1. The van der Waals surface area contributed by atoms with Gasteiger partial charge in [0.2, 0.25) is 0 Å². The average Bonchev–Trinajstić information content (AvgIpc) is 2.91. The summed E-state index contributed by atoms with van der Waals surface area (Å²) in [5, 5.41) is -0.0761. The first-order valence-corrected chi connectivity index (χ1v) is 9.07. The van der Waals surface area contributed by atoms with E-state index in [-0.39, 0.29) is 28.5 Å². The summed E-state index contributed by atoms with van der Waals surface area (Å²) in [6, 6.07) is 7.37. The minimum Gasteiger partial charge on any atom is -0.465 e. The van der Waals surface area contributed by atoms with Crippen LogP contribution in [0.3, 0.4) is 0 Å². The summed E-state index contributed by atoms with van der Waals surface area (Å²) in [5.74, 6) is -2.25. The fourth-order valence-electron chi connectivity index (χ4n) is 2.43. The molecule has 1 aromatic heterocycles. The first-order valence-electron chi connectivity index (χ1n) is 7.87. The predicted octanol–water partition coefficient (Wildman–Crippen LogP) is 3.94. The van der Waals surface area contributed by atoms with Crippen molar-refractivity contribution >= 4 is 45.0 Å². The van der Waals surface area contributed by atoms with Crippen molar-refractivity contribution in [1.82, 2.24) is 4.57 Å². The van der Waals surface area contributed by atoms with Crippen LogP contribution in [-0.4, -0.2) is 23.1 Å². The molecular weight excluding hydrogens is 398 g/mol. The molecular formula is C18H13ClF2N2O3S. The lowest BCUT2D eigenvalue weighted by molar-refractivity contribution is -0.143. The molecule has 140 valence electrons. The van der Waals surface area contributed by atoms with Crippen molar-refractivity contribution in [2.24, 2.45) is 4.99 Å². The molecule has 0 fully saturated rings. The van der Waals surface area contributed by atoms with Crippen LogP contribution in [0.5, 0.6) is 0 Å². The van der Waals surface area contributed by atoms with Crippen LogP contribution in [0.15, 0.2) is 41.4 Å². The molecule has 0 unspecified atom stereocenters. The van der Waals surface area contributed by atoms with Gasteiger partial charge >= 0.3 is 5.97 Å². The first-order chi connectivity index (χ1) is 12.9. The fourth-order valence-corrected chi connectivity index (χ4v) is 3.73. The van der Waals surface area contributed by atoms with Crippen molar-refractivity contribution in [3.05, 3.63) is 63.4 Å². The molecule has 3 rings (SSSR count). The van der Waals surface area contributed by atoms with Crippen LogP contribution in [0.1, 0.15) is 17.3 Å². The standard InChI is InChI=1S/C18H13ClF2N2O3S/c1-2-26-16(24)9-23-14-6-4-11(21)8-15(14)27-18(23)22-17(25)12-5-3-10(20)7-13(12)19/h3-8H,2,9H2,1H3. The second kappa shape index (κ2) is 7.98. The van der Waals surface area contributed by atoms with Gasteiger partial charge in [-0.3, -0.25) is 9.59 Å². The zero-order valence-corrected chi connectivity index (χ0v) is 15.6. The van der Waals surface area contributed by atoms with E-state index in [0.29, 0.717) is 10.2 Å². The van der Waals surface area contributed by atoms with Crippen molar-refractivity contribution in [2.45, 2.75) is 13.5 Å². The number of esters is 1. The summed E-state index contributed by atoms with van der Waals surface area (Å²) in [6.45, 7) is 1.68. The van der Waals surface area contributed by atoms with Gasteiger partial charge in [-0.2, -0.15) is 4.99 Å². The van der Waals surface area contributed by atoms with E-state index in [1.165, 1.54) is 28.8 Å². The molecule has 5 nitrogen and oxygen atoms in total. The highest BCUT2D eigenvalue weighted by Crippen LogP contribution is 2.20. The minimum absolute atomic E-state index is 0.0180. The number of halogens is 3. The number of hydrogen-bond donors (Lipinski definition) is 0. The number of amides is 1. The highest BCUT2D eigenvalue weighted by Gasteiger charge is 2.15. The molecule has 0 aliphatic carbocycles. The summed E-state index contributed by atoms with van der Waals surface area (Å²) in [7, 11) is 0. The van der Waals surface area contributed by atoms with E-state index >= 15 is 0 Å². The van der Waals surface area contributed by atoms with E-state index in [9.17, 15) is 18.4 Å². The zero-order valence-electron chi connectivity index (χ0n) is 14.0. The largest absolute Gasteiger partial charge is 0.465 e. The smallest absolute Gasteiger partial charge is 0.326 e. The Labute approximate surface area is 161 Å². The molecule has 0 saturated carbocycles. The van der Waals surface area contributed by atoms with Gasteiger partial charge < -0.3 is 9.30 Å². The molecule has 2 aromatic carbocycles. The van der Waals surface area contributed by atoms with Crippen molar-refractivity contribution in [3.63, 3.8) is 0 Å². The summed E-state index contributed by atoms with van der Waals surface area (Å²) in [5.41, 5.74) is 0.551. The van der Waals surface area contributed by atoms with Gasteiger partial charge in [-0.05, 0) is 43.3 Å². The van der Waals surface area contributed by atoms with Crippen LogP contribution in [0, 0.1) is 11.6 Å². The fraction of sp³-hybridized carbons (Fsp3) is 0.167. The molecule has 0 aliphatic heterocycles. The summed E-state index contributed by atoms with van der Waals surface area (Å²) < 4.78 is 33.6. The van der Waals surface area contributed by atoms with Gasteiger partial charge in [0.05, 0.1) is 27.4 Å². The number of nitrogens with zero attached hydrogens (tertiary/aromatic N) is 2. The Bertz CT molecular complexity index is 1110. The number of thiazole rings is 1. The summed E-state index contributed by atoms with van der Waals surface area (Å²) >= 11 is 6.95. The van der Waals surface area contributed by atoms with Gasteiger partial charge in [-0.25, -0.2) is 8.78 Å². The molecule has 3 aromatic rings. The van der Waals surface area contributed by atoms with E-state index in [2.05, 4.69) is 4.99 Å². The lowest BCUT2D eigenvalue weighted by Gasteiger charge is -2.05. The van der Waals surface area contributed by atoms with Crippen molar-refractivity contribution in [3.8, 4) is 0 Å². The van der Waals surface area contributed by atoms with Crippen LogP contribution in [0.25, 0.3) is 10.2 Å². The van der Waals surface area contributed by atoms with Gasteiger partial charge in [0.25, 0.3) is 5.91 Å². The van der Waals surface area contributed by atoms with Gasteiger partial charge in [0, 0.05) is 0 Å². The Morgan fingerprint density at radius 2 is 1.89 bits per heavy atom. The Hall–Kier alpha value is -2.58. The van der Waals surface area contributed by atoms with Crippen LogP contribution in [-0.2, 0) is 16.1 Å². The Kier molecular flexibility index (Phi) is 5.67. The second-order valence-corrected chi connectivity index (χ2v) is 6.85. The molecule has 0 N–H and O–H groups in total. The third-order valence-corrected chi connectivity index (χ3v) is 4.95.